The first-order chi connectivity index (χ1) is 16.4. The van der Waals surface area contributed by atoms with Crippen LogP contribution in [0, 0.1) is 0 Å². The van der Waals surface area contributed by atoms with Gasteiger partial charge in [0.2, 0.25) is 0 Å². The molecule has 0 fully saturated rings. The van der Waals surface area contributed by atoms with Crippen LogP contribution in [0.1, 0.15) is 28.4 Å². The number of carbonyl (C=O) groups is 1. The Kier molecular flexibility index (Phi) is 6.93. The van der Waals surface area contributed by atoms with E-state index in [1.807, 2.05) is 31.2 Å². The number of fused-ring (bicyclic) bond motifs is 1. The molecule has 1 heterocycles. The van der Waals surface area contributed by atoms with Crippen LogP contribution >= 0.6 is 0 Å². The number of anilines is 1. The molecule has 178 valence electrons. The molecule has 1 aliphatic heterocycles. The minimum absolute atomic E-state index is 0.124. The number of aryl methyl sites for hydroxylation is 1. The fourth-order valence-corrected chi connectivity index (χ4v) is 4.78. The van der Waals surface area contributed by atoms with E-state index in [2.05, 4.69) is 10.0 Å². The second-order valence-electron chi connectivity index (χ2n) is 7.68. The van der Waals surface area contributed by atoms with Crippen LogP contribution in [0.2, 0.25) is 0 Å². The number of ether oxygens (including phenoxy) is 3. The number of hydrogen-bond acceptors (Lipinski definition) is 6. The number of sulfonamides is 1. The summed E-state index contributed by atoms with van der Waals surface area (Å²) >= 11 is 0. The SMILES string of the molecule is CCc1ccc(NS(=O)(=O)c2cc(C(=O)NCc3ccc4c(c3)OCCO4)ccc2OC)cc1. The van der Waals surface area contributed by atoms with Gasteiger partial charge in [0.25, 0.3) is 15.9 Å². The van der Waals surface area contributed by atoms with Crippen molar-refractivity contribution >= 4 is 21.6 Å². The molecule has 1 amide bonds. The Hall–Kier alpha value is -3.72. The van der Waals surface area contributed by atoms with Crippen molar-refractivity contribution in [2.75, 3.05) is 25.0 Å². The van der Waals surface area contributed by atoms with Crippen LogP contribution in [-0.2, 0) is 23.0 Å². The van der Waals surface area contributed by atoms with Crippen molar-refractivity contribution in [2.24, 2.45) is 0 Å². The number of benzene rings is 3. The maximum atomic E-state index is 13.1. The minimum atomic E-state index is -3.99. The molecule has 0 spiro atoms. The van der Waals surface area contributed by atoms with E-state index in [1.165, 1.54) is 25.3 Å². The summed E-state index contributed by atoms with van der Waals surface area (Å²) in [6.07, 6.45) is 0.851. The summed E-state index contributed by atoms with van der Waals surface area (Å²) in [7, 11) is -2.61. The molecule has 8 nitrogen and oxygen atoms in total. The Morgan fingerprint density at radius 3 is 2.35 bits per heavy atom. The third-order valence-electron chi connectivity index (χ3n) is 5.39. The van der Waals surface area contributed by atoms with Crippen LogP contribution in [0.4, 0.5) is 5.69 Å². The summed E-state index contributed by atoms with van der Waals surface area (Å²) in [4.78, 5) is 12.7. The van der Waals surface area contributed by atoms with Crippen molar-refractivity contribution in [3.05, 3.63) is 77.4 Å². The van der Waals surface area contributed by atoms with Crippen molar-refractivity contribution < 1.29 is 27.4 Å². The van der Waals surface area contributed by atoms with Crippen molar-refractivity contribution in [2.45, 2.75) is 24.8 Å². The van der Waals surface area contributed by atoms with E-state index in [1.54, 1.807) is 18.2 Å². The van der Waals surface area contributed by atoms with Crippen molar-refractivity contribution in [1.82, 2.24) is 5.32 Å². The van der Waals surface area contributed by atoms with Gasteiger partial charge in [0.1, 0.15) is 23.9 Å². The van der Waals surface area contributed by atoms with E-state index in [9.17, 15) is 13.2 Å². The molecule has 4 rings (SSSR count). The summed E-state index contributed by atoms with van der Waals surface area (Å²) in [5, 5.41) is 2.81. The minimum Gasteiger partial charge on any atom is -0.495 e. The molecule has 1 aliphatic rings. The molecule has 2 N–H and O–H groups in total. The molecular formula is C25H26N2O6S. The first kappa shape index (κ1) is 23.4. The van der Waals surface area contributed by atoms with E-state index in [-0.39, 0.29) is 22.8 Å². The second kappa shape index (κ2) is 10.0. The Labute approximate surface area is 198 Å². The van der Waals surface area contributed by atoms with Gasteiger partial charge in [0, 0.05) is 17.8 Å². The normalized spacial score (nSPS) is 12.6. The Morgan fingerprint density at radius 1 is 0.941 bits per heavy atom. The topological polar surface area (TPSA) is 103 Å². The average molecular weight is 483 g/mol. The van der Waals surface area contributed by atoms with Crippen LogP contribution in [0.15, 0.2) is 65.6 Å². The molecule has 0 atom stereocenters. The molecule has 3 aromatic rings. The Morgan fingerprint density at radius 2 is 1.65 bits per heavy atom. The predicted molar refractivity (Wildman–Crippen MR) is 128 cm³/mol. The Bertz CT molecular complexity index is 1290. The zero-order valence-electron chi connectivity index (χ0n) is 19.0. The maximum absolute atomic E-state index is 13.1. The Balaban J connectivity index is 1.51. The van der Waals surface area contributed by atoms with Gasteiger partial charge in [-0.05, 0) is 60.0 Å². The molecule has 34 heavy (non-hydrogen) atoms. The molecule has 0 unspecified atom stereocenters. The van der Waals surface area contributed by atoms with E-state index < -0.39 is 15.9 Å². The summed E-state index contributed by atoms with van der Waals surface area (Å²) in [6.45, 7) is 3.24. The first-order valence-electron chi connectivity index (χ1n) is 10.9. The van der Waals surface area contributed by atoms with E-state index in [4.69, 9.17) is 14.2 Å². The van der Waals surface area contributed by atoms with E-state index in [0.29, 0.717) is 30.4 Å². The van der Waals surface area contributed by atoms with Gasteiger partial charge in [0.15, 0.2) is 11.5 Å². The third-order valence-corrected chi connectivity index (χ3v) is 6.79. The third kappa shape index (κ3) is 5.26. The summed E-state index contributed by atoms with van der Waals surface area (Å²) in [5.41, 5.74) is 2.54. The maximum Gasteiger partial charge on any atom is 0.265 e. The highest BCUT2D eigenvalue weighted by Crippen LogP contribution is 2.31. The highest BCUT2D eigenvalue weighted by molar-refractivity contribution is 7.92. The molecule has 0 saturated carbocycles. The van der Waals surface area contributed by atoms with Gasteiger partial charge in [-0.25, -0.2) is 8.42 Å². The van der Waals surface area contributed by atoms with Gasteiger partial charge < -0.3 is 19.5 Å². The summed E-state index contributed by atoms with van der Waals surface area (Å²) < 4.78 is 45.0. The number of rotatable bonds is 8. The van der Waals surface area contributed by atoms with Gasteiger partial charge >= 0.3 is 0 Å². The highest BCUT2D eigenvalue weighted by atomic mass is 32.2. The van der Waals surface area contributed by atoms with Gasteiger partial charge in [-0.15, -0.1) is 0 Å². The molecule has 0 saturated heterocycles. The van der Waals surface area contributed by atoms with Gasteiger partial charge in [-0.2, -0.15) is 0 Å². The van der Waals surface area contributed by atoms with Crippen LogP contribution < -0.4 is 24.2 Å². The lowest BCUT2D eigenvalue weighted by atomic mass is 10.1. The van der Waals surface area contributed by atoms with Crippen molar-refractivity contribution in [3.8, 4) is 17.2 Å². The lowest BCUT2D eigenvalue weighted by Crippen LogP contribution is -2.24. The molecular weight excluding hydrogens is 456 g/mol. The van der Waals surface area contributed by atoms with Gasteiger partial charge in [0.05, 0.1) is 7.11 Å². The molecule has 3 aromatic carbocycles. The molecule has 0 radical (unpaired) electrons. The zero-order chi connectivity index (χ0) is 24.1. The summed E-state index contributed by atoms with van der Waals surface area (Å²) in [5.74, 6) is 1.03. The highest BCUT2D eigenvalue weighted by Gasteiger charge is 2.22. The van der Waals surface area contributed by atoms with Crippen LogP contribution in [0.3, 0.4) is 0 Å². The molecule has 0 aliphatic carbocycles. The monoisotopic (exact) mass is 482 g/mol. The van der Waals surface area contributed by atoms with E-state index >= 15 is 0 Å². The second-order valence-corrected chi connectivity index (χ2v) is 9.33. The number of hydrogen-bond donors (Lipinski definition) is 2. The molecule has 0 bridgehead atoms. The predicted octanol–water partition coefficient (Wildman–Crippen LogP) is 3.76. The average Bonchev–Trinajstić information content (AvgIpc) is 2.87. The smallest absolute Gasteiger partial charge is 0.265 e. The number of methoxy groups -OCH3 is 1. The van der Waals surface area contributed by atoms with Crippen molar-refractivity contribution in [3.63, 3.8) is 0 Å². The van der Waals surface area contributed by atoms with Crippen LogP contribution in [-0.4, -0.2) is 34.6 Å². The largest absolute Gasteiger partial charge is 0.495 e. The summed E-state index contributed by atoms with van der Waals surface area (Å²) in [6, 6.07) is 16.9. The van der Waals surface area contributed by atoms with Gasteiger partial charge in [-0.1, -0.05) is 25.1 Å². The zero-order valence-corrected chi connectivity index (χ0v) is 19.8. The van der Waals surface area contributed by atoms with Crippen LogP contribution in [0.5, 0.6) is 17.2 Å². The van der Waals surface area contributed by atoms with Crippen molar-refractivity contribution in [1.29, 1.82) is 0 Å². The van der Waals surface area contributed by atoms with E-state index in [0.717, 1.165) is 17.5 Å². The fraction of sp³-hybridized carbons (Fsp3) is 0.240. The standard InChI is InChI=1S/C25H26N2O6S/c1-3-17-4-8-20(9-5-17)27-34(29,30)24-15-19(7-11-22(24)31-2)25(28)26-16-18-6-10-21-23(14-18)33-13-12-32-21/h4-11,14-15,27H,3,12-13,16H2,1-2H3,(H,26,28). The quantitative estimate of drug-likeness (QED) is 0.507. The fourth-order valence-electron chi connectivity index (χ4n) is 3.53. The number of nitrogens with one attached hydrogen (secondary N) is 2. The van der Waals surface area contributed by atoms with Crippen LogP contribution in [0.25, 0.3) is 0 Å². The molecule has 0 aromatic heterocycles. The number of carbonyl (C=O) groups excluding carboxylic acids is 1. The molecule has 9 heteroatoms. The lowest BCUT2D eigenvalue weighted by molar-refractivity contribution is 0.0950. The lowest BCUT2D eigenvalue weighted by Gasteiger charge is -2.19. The van der Waals surface area contributed by atoms with Gasteiger partial charge in [-0.3, -0.25) is 9.52 Å². The number of amides is 1. The first-order valence-corrected chi connectivity index (χ1v) is 12.3.